The summed E-state index contributed by atoms with van der Waals surface area (Å²) >= 11 is 1.13. The predicted molar refractivity (Wildman–Crippen MR) is 76.4 cm³/mol. The van der Waals surface area contributed by atoms with E-state index >= 15 is 0 Å². The summed E-state index contributed by atoms with van der Waals surface area (Å²) in [6, 6.07) is 0. The summed E-state index contributed by atoms with van der Waals surface area (Å²) in [5.41, 5.74) is 5.67. The maximum Gasteiger partial charge on any atom is 0.182 e. The minimum Gasteiger partial charge on any atom is -0.382 e. The minimum atomic E-state index is -3.36. The quantitative estimate of drug-likeness (QED) is 0.893. The summed E-state index contributed by atoms with van der Waals surface area (Å²) in [6.45, 7) is 2.30. The first-order chi connectivity index (χ1) is 8.89. The number of ether oxygens (including phenoxy) is 1. The molecule has 1 aromatic rings. The van der Waals surface area contributed by atoms with Crippen molar-refractivity contribution in [2.45, 2.75) is 17.7 Å². The van der Waals surface area contributed by atoms with Gasteiger partial charge in [-0.2, -0.15) is 4.37 Å². The van der Waals surface area contributed by atoms with E-state index in [-0.39, 0.29) is 10.7 Å². The lowest BCUT2D eigenvalue weighted by atomic mass is 10.0. The number of nitrogens with zero attached hydrogens (tertiary/aromatic N) is 2. The first kappa shape index (κ1) is 14.5. The van der Waals surface area contributed by atoms with Gasteiger partial charge in [-0.1, -0.05) is 0 Å². The van der Waals surface area contributed by atoms with Crippen LogP contribution in [0, 0.1) is 5.92 Å². The third-order valence-corrected chi connectivity index (χ3v) is 5.41. The van der Waals surface area contributed by atoms with E-state index in [1.807, 2.05) is 11.9 Å². The molecule has 108 valence electrons. The van der Waals surface area contributed by atoms with Crippen molar-refractivity contribution < 1.29 is 13.2 Å². The van der Waals surface area contributed by atoms with Crippen LogP contribution >= 0.6 is 11.5 Å². The Balaban J connectivity index is 2.17. The highest BCUT2D eigenvalue weighted by molar-refractivity contribution is 7.91. The highest BCUT2D eigenvalue weighted by Crippen LogP contribution is 2.34. The summed E-state index contributed by atoms with van der Waals surface area (Å²) in [5.74, 6) is 0.517. The number of anilines is 2. The highest BCUT2D eigenvalue weighted by atomic mass is 32.2. The molecule has 0 aliphatic carbocycles. The maximum absolute atomic E-state index is 11.8. The molecule has 1 fully saturated rings. The van der Waals surface area contributed by atoms with Crippen LogP contribution in [0.3, 0.4) is 0 Å². The third-order valence-electron chi connectivity index (χ3n) is 3.16. The molecule has 1 saturated heterocycles. The van der Waals surface area contributed by atoms with Crippen LogP contribution in [-0.4, -0.2) is 45.9 Å². The molecule has 2 rings (SSSR count). The van der Waals surface area contributed by atoms with E-state index in [9.17, 15) is 8.42 Å². The fraction of sp³-hybridized carbons (Fsp3) is 0.727. The molecule has 8 heteroatoms. The van der Waals surface area contributed by atoms with Gasteiger partial charge in [-0.25, -0.2) is 8.42 Å². The second-order valence-electron chi connectivity index (χ2n) is 4.94. The Kier molecular flexibility index (Phi) is 4.32. The Labute approximate surface area is 117 Å². The Hall–Kier alpha value is -0.860. The van der Waals surface area contributed by atoms with Crippen molar-refractivity contribution in [2.24, 2.45) is 5.92 Å². The molecule has 1 aliphatic heterocycles. The molecule has 0 saturated carbocycles. The topological polar surface area (TPSA) is 85.5 Å². The highest BCUT2D eigenvalue weighted by Gasteiger charge is 2.25. The molecule has 1 aliphatic rings. The lowest BCUT2D eigenvalue weighted by Crippen LogP contribution is -2.31. The van der Waals surface area contributed by atoms with Gasteiger partial charge in [-0.05, 0) is 30.3 Å². The van der Waals surface area contributed by atoms with Crippen molar-refractivity contribution >= 4 is 32.2 Å². The van der Waals surface area contributed by atoms with Gasteiger partial charge in [-0.3, -0.25) is 0 Å². The number of hydrogen-bond donors (Lipinski definition) is 1. The maximum atomic E-state index is 11.8. The summed E-state index contributed by atoms with van der Waals surface area (Å²) in [4.78, 5) is 2.07. The standard InChI is InChI=1S/C11H19N3O3S2/c1-14(6-8-4-3-5-17-7-8)11-9(19(2,15)16)10(12)13-18-11/h8H,3-7H2,1-2H3,(H2,12,13). The smallest absolute Gasteiger partial charge is 0.182 e. The fourth-order valence-electron chi connectivity index (χ4n) is 2.30. The van der Waals surface area contributed by atoms with E-state index in [1.165, 1.54) is 0 Å². The van der Waals surface area contributed by atoms with Gasteiger partial charge in [0.15, 0.2) is 15.7 Å². The Bertz CT molecular complexity index is 535. The molecule has 1 atom stereocenters. The van der Waals surface area contributed by atoms with E-state index in [2.05, 4.69) is 4.37 Å². The summed E-state index contributed by atoms with van der Waals surface area (Å²) in [5, 5.41) is 0.616. The second-order valence-corrected chi connectivity index (χ2v) is 7.64. The molecule has 2 N–H and O–H groups in total. The van der Waals surface area contributed by atoms with Crippen molar-refractivity contribution in [1.82, 2.24) is 4.37 Å². The first-order valence-corrected chi connectivity index (χ1v) is 8.80. The molecule has 0 aromatic carbocycles. The fourth-order valence-corrected chi connectivity index (χ4v) is 4.50. The Morgan fingerprint density at radius 3 is 2.89 bits per heavy atom. The van der Waals surface area contributed by atoms with Gasteiger partial charge < -0.3 is 15.4 Å². The van der Waals surface area contributed by atoms with E-state index in [1.54, 1.807) is 0 Å². The van der Waals surface area contributed by atoms with E-state index in [4.69, 9.17) is 10.5 Å². The van der Waals surface area contributed by atoms with Gasteiger partial charge in [0, 0.05) is 26.5 Å². The van der Waals surface area contributed by atoms with Crippen molar-refractivity contribution in [2.75, 3.05) is 43.7 Å². The Morgan fingerprint density at radius 1 is 1.58 bits per heavy atom. The average molecular weight is 305 g/mol. The molecule has 6 nitrogen and oxygen atoms in total. The number of nitrogen functional groups attached to an aromatic ring is 1. The lowest BCUT2D eigenvalue weighted by Gasteiger charge is -2.27. The molecule has 2 heterocycles. The van der Waals surface area contributed by atoms with Crippen molar-refractivity contribution in [3.63, 3.8) is 0 Å². The average Bonchev–Trinajstić information content (AvgIpc) is 2.72. The van der Waals surface area contributed by atoms with Gasteiger partial charge in [0.25, 0.3) is 0 Å². The Morgan fingerprint density at radius 2 is 2.32 bits per heavy atom. The third kappa shape index (κ3) is 3.37. The van der Waals surface area contributed by atoms with E-state index in [0.29, 0.717) is 10.9 Å². The van der Waals surface area contributed by atoms with Crippen molar-refractivity contribution in [1.29, 1.82) is 0 Å². The number of rotatable bonds is 4. The van der Waals surface area contributed by atoms with Crippen LogP contribution in [0.1, 0.15) is 12.8 Å². The van der Waals surface area contributed by atoms with Crippen LogP contribution < -0.4 is 10.6 Å². The predicted octanol–water partition coefficient (Wildman–Crippen LogP) is 0.992. The zero-order valence-electron chi connectivity index (χ0n) is 11.1. The van der Waals surface area contributed by atoms with Gasteiger partial charge >= 0.3 is 0 Å². The minimum absolute atomic E-state index is 0.0919. The first-order valence-electron chi connectivity index (χ1n) is 6.13. The normalized spacial score (nSPS) is 20.4. The van der Waals surface area contributed by atoms with Crippen LogP contribution in [0.15, 0.2) is 4.90 Å². The van der Waals surface area contributed by atoms with E-state index in [0.717, 1.165) is 50.4 Å². The number of nitrogens with two attached hydrogens (primary N) is 1. The summed E-state index contributed by atoms with van der Waals surface area (Å²) < 4.78 is 32.9. The monoisotopic (exact) mass is 305 g/mol. The molecule has 1 unspecified atom stereocenters. The van der Waals surface area contributed by atoms with Crippen LogP contribution in [0.5, 0.6) is 0 Å². The lowest BCUT2D eigenvalue weighted by molar-refractivity contribution is 0.0576. The number of aromatic nitrogens is 1. The molecule has 0 radical (unpaired) electrons. The zero-order valence-corrected chi connectivity index (χ0v) is 12.8. The summed E-state index contributed by atoms with van der Waals surface area (Å²) in [6.07, 6.45) is 3.32. The molecule has 0 spiro atoms. The van der Waals surface area contributed by atoms with E-state index < -0.39 is 9.84 Å². The van der Waals surface area contributed by atoms with Gasteiger partial charge in [-0.15, -0.1) is 0 Å². The number of hydrogen-bond acceptors (Lipinski definition) is 7. The number of sulfone groups is 1. The molecule has 1 aromatic heterocycles. The van der Waals surface area contributed by atoms with Gasteiger partial charge in [0.1, 0.15) is 9.90 Å². The van der Waals surface area contributed by atoms with Crippen molar-refractivity contribution in [3.8, 4) is 0 Å². The largest absolute Gasteiger partial charge is 0.382 e. The van der Waals surface area contributed by atoms with Crippen LogP contribution in [-0.2, 0) is 14.6 Å². The van der Waals surface area contributed by atoms with Crippen LogP contribution in [0.25, 0.3) is 0 Å². The van der Waals surface area contributed by atoms with Gasteiger partial charge in [0.05, 0.1) is 6.61 Å². The SMILES string of the molecule is CN(CC1CCCOC1)c1snc(N)c1S(C)(=O)=O. The van der Waals surface area contributed by atoms with Crippen LogP contribution in [0.4, 0.5) is 10.8 Å². The molecular formula is C11H19N3O3S2. The molecular weight excluding hydrogens is 286 g/mol. The second kappa shape index (κ2) is 5.64. The van der Waals surface area contributed by atoms with Gasteiger partial charge in [0.2, 0.25) is 0 Å². The molecule has 19 heavy (non-hydrogen) atoms. The molecule has 0 amide bonds. The summed E-state index contributed by atoms with van der Waals surface area (Å²) in [7, 11) is -1.49. The zero-order chi connectivity index (χ0) is 14.0. The van der Waals surface area contributed by atoms with Crippen molar-refractivity contribution in [3.05, 3.63) is 0 Å². The van der Waals surface area contributed by atoms with Crippen LogP contribution in [0.2, 0.25) is 0 Å². The molecule has 0 bridgehead atoms.